The van der Waals surface area contributed by atoms with Crippen molar-refractivity contribution in [3.63, 3.8) is 0 Å². The molecule has 1 aromatic carbocycles. The van der Waals surface area contributed by atoms with Gasteiger partial charge in [0.25, 0.3) is 5.91 Å². The van der Waals surface area contributed by atoms with E-state index in [-0.39, 0.29) is 16.5 Å². The normalized spacial score (nSPS) is 16.2. The summed E-state index contributed by atoms with van der Waals surface area (Å²) in [6, 6.07) is 2.61. The first-order valence-electron chi connectivity index (χ1n) is 7.84. The van der Waals surface area contributed by atoms with E-state index >= 15 is 0 Å². The number of urea groups is 1. The van der Waals surface area contributed by atoms with Crippen LogP contribution in [0.3, 0.4) is 0 Å². The highest BCUT2D eigenvalue weighted by Crippen LogP contribution is 2.20. The van der Waals surface area contributed by atoms with Crippen LogP contribution in [0, 0.1) is 5.82 Å². The number of amides is 4. The smallest absolute Gasteiger partial charge is 0.321 e. The predicted octanol–water partition coefficient (Wildman–Crippen LogP) is 1.08. The van der Waals surface area contributed by atoms with Gasteiger partial charge in [-0.05, 0) is 25.1 Å². The average molecular weight is 371 g/mol. The van der Waals surface area contributed by atoms with Crippen LogP contribution in [0.5, 0.6) is 0 Å². The van der Waals surface area contributed by atoms with E-state index in [1.165, 1.54) is 19.2 Å². The van der Waals surface area contributed by atoms with Crippen LogP contribution in [-0.4, -0.2) is 66.9 Å². The molecule has 0 aliphatic carbocycles. The molecule has 1 aliphatic heterocycles. The lowest BCUT2D eigenvalue weighted by Gasteiger charge is -2.37. The maximum atomic E-state index is 13.1. The van der Waals surface area contributed by atoms with Gasteiger partial charge in [0.2, 0.25) is 5.91 Å². The van der Waals surface area contributed by atoms with E-state index in [4.69, 9.17) is 11.6 Å². The Kier molecular flexibility index (Phi) is 6.33. The summed E-state index contributed by atoms with van der Waals surface area (Å²) in [4.78, 5) is 39.2. The molecular weight excluding hydrogens is 351 g/mol. The number of piperazine rings is 1. The second-order valence-corrected chi connectivity index (χ2v) is 6.10. The Morgan fingerprint density at radius 1 is 1.20 bits per heavy atom. The maximum Gasteiger partial charge on any atom is 0.321 e. The summed E-state index contributed by atoms with van der Waals surface area (Å²) in [5, 5.41) is 4.63. The van der Waals surface area contributed by atoms with Crippen LogP contribution in [0.4, 0.5) is 9.18 Å². The molecule has 7 nitrogen and oxygen atoms in total. The number of carbonyl (C=O) groups excluding carboxylic acids is 3. The molecule has 0 saturated carbocycles. The minimum Gasteiger partial charge on any atom is -0.341 e. The molecule has 0 spiro atoms. The number of nitrogens with one attached hydrogen (secondary N) is 2. The van der Waals surface area contributed by atoms with Gasteiger partial charge in [0.15, 0.2) is 0 Å². The first-order valence-corrected chi connectivity index (χ1v) is 8.22. The Morgan fingerprint density at radius 3 is 2.40 bits per heavy atom. The summed E-state index contributed by atoms with van der Waals surface area (Å²) in [5.41, 5.74) is 0.252. The van der Waals surface area contributed by atoms with Crippen molar-refractivity contribution < 1.29 is 18.8 Å². The third kappa shape index (κ3) is 4.67. The summed E-state index contributed by atoms with van der Waals surface area (Å²) in [7, 11) is 1.43. The van der Waals surface area contributed by atoms with Crippen molar-refractivity contribution in [1.82, 2.24) is 20.4 Å². The highest BCUT2D eigenvalue weighted by Gasteiger charge is 2.29. The van der Waals surface area contributed by atoms with Gasteiger partial charge in [0, 0.05) is 33.2 Å². The first kappa shape index (κ1) is 19.1. The lowest BCUT2D eigenvalue weighted by atomic mass is 10.1. The SMILES string of the molecule is CNC(=O)NC(=O)[C@H](C)N1CCN(C(=O)c2ccc(F)cc2Cl)CC1. The van der Waals surface area contributed by atoms with E-state index in [1.807, 2.05) is 4.90 Å². The third-order valence-electron chi connectivity index (χ3n) is 4.15. The zero-order chi connectivity index (χ0) is 18.6. The Morgan fingerprint density at radius 2 is 1.84 bits per heavy atom. The van der Waals surface area contributed by atoms with Crippen molar-refractivity contribution in [3.05, 3.63) is 34.6 Å². The largest absolute Gasteiger partial charge is 0.341 e. The van der Waals surface area contributed by atoms with Crippen LogP contribution in [0.25, 0.3) is 0 Å². The summed E-state index contributed by atoms with van der Waals surface area (Å²) in [6.07, 6.45) is 0. The molecule has 1 aromatic rings. The lowest BCUT2D eigenvalue weighted by molar-refractivity contribution is -0.125. The fraction of sp³-hybridized carbons (Fsp3) is 0.438. The number of imide groups is 1. The van der Waals surface area contributed by atoms with Gasteiger partial charge in [-0.15, -0.1) is 0 Å². The molecule has 1 heterocycles. The number of hydrogen-bond acceptors (Lipinski definition) is 4. The maximum absolute atomic E-state index is 13.1. The number of carbonyl (C=O) groups is 3. The number of benzene rings is 1. The molecular formula is C16H20ClFN4O3. The van der Waals surface area contributed by atoms with Crippen LogP contribution >= 0.6 is 11.6 Å². The van der Waals surface area contributed by atoms with Crippen LogP contribution in [0.1, 0.15) is 17.3 Å². The third-order valence-corrected chi connectivity index (χ3v) is 4.47. The summed E-state index contributed by atoms with van der Waals surface area (Å²) >= 11 is 5.94. The minimum absolute atomic E-state index is 0.0748. The molecule has 1 fully saturated rings. The van der Waals surface area contributed by atoms with E-state index < -0.39 is 23.8 Å². The second-order valence-electron chi connectivity index (χ2n) is 5.70. The average Bonchev–Trinajstić information content (AvgIpc) is 2.60. The zero-order valence-corrected chi connectivity index (χ0v) is 14.8. The summed E-state index contributed by atoms with van der Waals surface area (Å²) in [5.74, 6) is -1.17. The van der Waals surface area contributed by atoms with E-state index in [1.54, 1.807) is 11.8 Å². The number of hydrogen-bond donors (Lipinski definition) is 2. The Labute approximate surface area is 150 Å². The van der Waals surface area contributed by atoms with Crippen molar-refractivity contribution in [2.75, 3.05) is 33.2 Å². The molecule has 0 bridgehead atoms. The van der Waals surface area contributed by atoms with Crippen molar-refractivity contribution >= 4 is 29.4 Å². The van der Waals surface area contributed by atoms with E-state index in [0.29, 0.717) is 26.2 Å². The monoisotopic (exact) mass is 370 g/mol. The number of nitrogens with zero attached hydrogens (tertiary/aromatic N) is 2. The van der Waals surface area contributed by atoms with Gasteiger partial charge >= 0.3 is 6.03 Å². The minimum atomic E-state index is -0.559. The van der Waals surface area contributed by atoms with Crippen LogP contribution in [0.15, 0.2) is 18.2 Å². The summed E-state index contributed by atoms with van der Waals surface area (Å²) in [6.45, 7) is 3.47. The van der Waals surface area contributed by atoms with E-state index in [9.17, 15) is 18.8 Å². The fourth-order valence-corrected chi connectivity index (χ4v) is 2.84. The molecule has 25 heavy (non-hydrogen) atoms. The number of rotatable bonds is 3. The molecule has 1 aliphatic rings. The second kappa shape index (κ2) is 8.26. The van der Waals surface area contributed by atoms with Gasteiger partial charge in [-0.1, -0.05) is 11.6 Å². The van der Waals surface area contributed by atoms with Crippen LogP contribution in [0.2, 0.25) is 5.02 Å². The van der Waals surface area contributed by atoms with Gasteiger partial charge in [-0.2, -0.15) is 0 Å². The molecule has 2 rings (SSSR count). The van der Waals surface area contributed by atoms with Crippen molar-refractivity contribution in [2.45, 2.75) is 13.0 Å². The topological polar surface area (TPSA) is 81.8 Å². The Hall–Kier alpha value is -2.19. The van der Waals surface area contributed by atoms with Gasteiger partial charge in [0.1, 0.15) is 5.82 Å². The van der Waals surface area contributed by atoms with Crippen molar-refractivity contribution in [2.24, 2.45) is 0 Å². The molecule has 2 N–H and O–H groups in total. The molecule has 0 unspecified atom stereocenters. The highest BCUT2D eigenvalue weighted by molar-refractivity contribution is 6.33. The standard InChI is InChI=1S/C16H20ClFN4O3/c1-10(14(23)20-16(25)19-2)21-5-7-22(8-6-21)15(24)12-4-3-11(18)9-13(12)17/h3-4,9-10H,5-8H2,1-2H3,(H2,19,20,23,25)/t10-/m0/s1. The fourth-order valence-electron chi connectivity index (χ4n) is 2.59. The zero-order valence-electron chi connectivity index (χ0n) is 14.0. The lowest BCUT2D eigenvalue weighted by Crippen LogP contribution is -2.56. The highest BCUT2D eigenvalue weighted by atomic mass is 35.5. The molecule has 136 valence electrons. The first-order chi connectivity index (χ1) is 11.8. The quantitative estimate of drug-likeness (QED) is 0.834. The Bertz CT molecular complexity index is 677. The van der Waals surface area contributed by atoms with Gasteiger partial charge in [0.05, 0.1) is 16.6 Å². The molecule has 0 radical (unpaired) electrons. The van der Waals surface area contributed by atoms with Gasteiger partial charge < -0.3 is 10.2 Å². The number of halogens is 2. The predicted molar refractivity (Wildman–Crippen MR) is 90.9 cm³/mol. The van der Waals surface area contributed by atoms with E-state index in [2.05, 4.69) is 10.6 Å². The van der Waals surface area contributed by atoms with Crippen LogP contribution < -0.4 is 10.6 Å². The summed E-state index contributed by atoms with van der Waals surface area (Å²) < 4.78 is 13.1. The molecule has 1 atom stereocenters. The van der Waals surface area contributed by atoms with Crippen molar-refractivity contribution in [3.8, 4) is 0 Å². The molecule has 4 amide bonds. The van der Waals surface area contributed by atoms with Crippen molar-refractivity contribution in [1.29, 1.82) is 0 Å². The molecule has 1 saturated heterocycles. The van der Waals surface area contributed by atoms with E-state index in [0.717, 1.165) is 6.07 Å². The van der Waals surface area contributed by atoms with Crippen LogP contribution in [-0.2, 0) is 4.79 Å². The Balaban J connectivity index is 1.93. The van der Waals surface area contributed by atoms with Gasteiger partial charge in [-0.3, -0.25) is 19.8 Å². The molecule has 0 aromatic heterocycles. The molecule has 9 heteroatoms. The van der Waals surface area contributed by atoms with Gasteiger partial charge in [-0.25, -0.2) is 9.18 Å².